The highest BCUT2D eigenvalue weighted by molar-refractivity contribution is 5.73. The quantitative estimate of drug-likeness (QED) is 0.525. The van der Waals surface area contributed by atoms with E-state index in [2.05, 4.69) is 29.3 Å². The van der Waals surface area contributed by atoms with Crippen LogP contribution in [0.5, 0.6) is 0 Å². The number of nitrogens with zero attached hydrogens (tertiary/aromatic N) is 1. The predicted molar refractivity (Wildman–Crippen MR) is 55.7 cm³/mol. The molecule has 0 atom stereocenters. The Balaban J connectivity index is 2.12. The van der Waals surface area contributed by atoms with Crippen LogP contribution in [-0.4, -0.2) is 12.6 Å². The molecule has 2 nitrogen and oxygen atoms in total. The van der Waals surface area contributed by atoms with Gasteiger partial charge in [0.2, 0.25) is 6.08 Å². The van der Waals surface area contributed by atoms with Crippen LogP contribution in [0.15, 0.2) is 35.3 Å². The van der Waals surface area contributed by atoms with Gasteiger partial charge in [0.15, 0.2) is 0 Å². The molecule has 14 heavy (non-hydrogen) atoms. The van der Waals surface area contributed by atoms with Crippen LogP contribution < -0.4 is 0 Å². The van der Waals surface area contributed by atoms with Crippen LogP contribution in [0.1, 0.15) is 17.5 Å². The molecule has 0 amide bonds. The van der Waals surface area contributed by atoms with E-state index < -0.39 is 0 Å². The molecule has 0 saturated carbocycles. The normalized spacial score (nSPS) is 13.0. The number of allylic oxidation sites excluding steroid dienone is 1. The molecule has 0 spiro atoms. The predicted octanol–water partition coefficient (Wildman–Crippen LogP) is 2.35. The van der Waals surface area contributed by atoms with E-state index in [4.69, 9.17) is 0 Å². The number of hydrogen-bond acceptors (Lipinski definition) is 2. The second-order valence-corrected chi connectivity index (χ2v) is 3.31. The monoisotopic (exact) mass is 185 g/mol. The molecule has 0 unspecified atom stereocenters. The van der Waals surface area contributed by atoms with E-state index in [1.165, 1.54) is 16.7 Å². The van der Waals surface area contributed by atoms with E-state index in [1.807, 2.05) is 6.07 Å². The van der Waals surface area contributed by atoms with E-state index in [-0.39, 0.29) is 0 Å². The highest BCUT2D eigenvalue weighted by Gasteiger charge is 2.11. The van der Waals surface area contributed by atoms with Gasteiger partial charge in [-0.05, 0) is 29.5 Å². The topological polar surface area (TPSA) is 29.4 Å². The number of hydrogen-bond donors (Lipinski definition) is 0. The SMILES string of the molecule is O=C=NCCC1=CCc2ccccc21. The van der Waals surface area contributed by atoms with E-state index in [0.29, 0.717) is 6.54 Å². The molecule has 1 aliphatic carbocycles. The highest BCUT2D eigenvalue weighted by atomic mass is 16.1. The number of aliphatic imine (C=N–C) groups is 1. The fourth-order valence-corrected chi connectivity index (χ4v) is 1.81. The molecule has 0 heterocycles. The lowest BCUT2D eigenvalue weighted by atomic mass is 10.0. The molecule has 0 aliphatic heterocycles. The molecule has 0 radical (unpaired) electrons. The highest BCUT2D eigenvalue weighted by Crippen LogP contribution is 2.29. The van der Waals surface area contributed by atoms with Crippen LogP contribution in [0.4, 0.5) is 0 Å². The summed E-state index contributed by atoms with van der Waals surface area (Å²) in [6, 6.07) is 8.36. The van der Waals surface area contributed by atoms with Gasteiger partial charge < -0.3 is 0 Å². The summed E-state index contributed by atoms with van der Waals surface area (Å²) in [6.07, 6.45) is 5.63. The Morgan fingerprint density at radius 2 is 2.21 bits per heavy atom. The summed E-state index contributed by atoms with van der Waals surface area (Å²) < 4.78 is 0. The number of isocyanates is 1. The van der Waals surface area contributed by atoms with Gasteiger partial charge in [-0.25, -0.2) is 9.79 Å². The average molecular weight is 185 g/mol. The lowest BCUT2D eigenvalue weighted by Gasteiger charge is -2.02. The van der Waals surface area contributed by atoms with Gasteiger partial charge in [0.1, 0.15) is 0 Å². The number of fused-ring (bicyclic) bond motifs is 1. The Hall–Kier alpha value is -1.66. The minimum atomic E-state index is 0.545. The van der Waals surface area contributed by atoms with Crippen LogP contribution in [0, 0.1) is 0 Å². The van der Waals surface area contributed by atoms with Crippen molar-refractivity contribution in [3.8, 4) is 0 Å². The van der Waals surface area contributed by atoms with Gasteiger partial charge in [-0.1, -0.05) is 30.3 Å². The van der Waals surface area contributed by atoms with E-state index >= 15 is 0 Å². The first-order chi connectivity index (χ1) is 6.92. The van der Waals surface area contributed by atoms with E-state index in [9.17, 15) is 4.79 Å². The number of carbonyl (C=O) groups excluding carboxylic acids is 1. The second-order valence-electron chi connectivity index (χ2n) is 3.31. The van der Waals surface area contributed by atoms with Crippen LogP contribution in [0.2, 0.25) is 0 Å². The summed E-state index contributed by atoms with van der Waals surface area (Å²) in [5.41, 5.74) is 3.99. The number of rotatable bonds is 3. The molecule has 70 valence electrons. The first-order valence-electron chi connectivity index (χ1n) is 4.73. The molecular formula is C12H11NO. The van der Waals surface area contributed by atoms with Gasteiger partial charge in [0.25, 0.3) is 0 Å². The Bertz CT molecular complexity index is 414. The van der Waals surface area contributed by atoms with Crippen molar-refractivity contribution in [3.63, 3.8) is 0 Å². The Morgan fingerprint density at radius 3 is 3.07 bits per heavy atom. The van der Waals surface area contributed by atoms with Gasteiger partial charge in [0.05, 0.1) is 6.54 Å². The van der Waals surface area contributed by atoms with Gasteiger partial charge >= 0.3 is 0 Å². The van der Waals surface area contributed by atoms with Crippen molar-refractivity contribution in [3.05, 3.63) is 41.5 Å². The molecule has 2 rings (SSSR count). The van der Waals surface area contributed by atoms with E-state index in [1.54, 1.807) is 6.08 Å². The Morgan fingerprint density at radius 1 is 1.36 bits per heavy atom. The van der Waals surface area contributed by atoms with Crippen molar-refractivity contribution in [1.82, 2.24) is 0 Å². The van der Waals surface area contributed by atoms with Gasteiger partial charge in [-0.2, -0.15) is 0 Å². The van der Waals surface area contributed by atoms with Crippen molar-refractivity contribution in [2.75, 3.05) is 6.54 Å². The van der Waals surface area contributed by atoms with E-state index in [0.717, 1.165) is 12.8 Å². The molecule has 0 fully saturated rings. The zero-order chi connectivity index (χ0) is 9.80. The lowest BCUT2D eigenvalue weighted by Crippen LogP contribution is -1.86. The smallest absolute Gasteiger partial charge is 0.211 e. The summed E-state index contributed by atoms with van der Waals surface area (Å²) in [4.78, 5) is 13.5. The molecular weight excluding hydrogens is 174 g/mol. The molecule has 1 aliphatic rings. The minimum absolute atomic E-state index is 0.545. The van der Waals surface area contributed by atoms with Gasteiger partial charge in [-0.15, -0.1) is 0 Å². The molecule has 2 heteroatoms. The molecule has 0 N–H and O–H groups in total. The van der Waals surface area contributed by atoms with Crippen molar-refractivity contribution in [1.29, 1.82) is 0 Å². The average Bonchev–Trinajstić information content (AvgIpc) is 2.63. The standard InChI is InChI=1S/C12H11NO/c14-9-13-8-7-11-6-5-10-3-1-2-4-12(10)11/h1-4,6H,5,7-8H2. The zero-order valence-electron chi connectivity index (χ0n) is 7.86. The van der Waals surface area contributed by atoms with Crippen molar-refractivity contribution < 1.29 is 4.79 Å². The van der Waals surface area contributed by atoms with Crippen molar-refractivity contribution in [2.24, 2.45) is 4.99 Å². The largest absolute Gasteiger partial charge is 0.234 e. The first kappa shape index (κ1) is 8.92. The third kappa shape index (κ3) is 1.66. The molecule has 0 bridgehead atoms. The maximum atomic E-state index is 9.91. The molecule has 1 aromatic rings. The van der Waals surface area contributed by atoms with Crippen LogP contribution in [-0.2, 0) is 11.2 Å². The Labute approximate surface area is 83.0 Å². The summed E-state index contributed by atoms with van der Waals surface area (Å²) in [5, 5.41) is 0. The first-order valence-corrected chi connectivity index (χ1v) is 4.73. The van der Waals surface area contributed by atoms with Gasteiger partial charge in [-0.3, -0.25) is 0 Å². The summed E-state index contributed by atoms with van der Waals surface area (Å²) >= 11 is 0. The second kappa shape index (κ2) is 4.03. The summed E-state index contributed by atoms with van der Waals surface area (Å²) in [5.74, 6) is 0. The lowest BCUT2D eigenvalue weighted by molar-refractivity contribution is 0.563. The molecule has 0 aromatic heterocycles. The fourth-order valence-electron chi connectivity index (χ4n) is 1.81. The Kier molecular flexibility index (Phi) is 2.57. The van der Waals surface area contributed by atoms with Crippen LogP contribution in [0.25, 0.3) is 5.57 Å². The molecule has 1 aromatic carbocycles. The number of benzene rings is 1. The summed E-state index contributed by atoms with van der Waals surface area (Å²) in [6.45, 7) is 0.545. The third-order valence-corrected chi connectivity index (χ3v) is 2.49. The van der Waals surface area contributed by atoms with Crippen molar-refractivity contribution in [2.45, 2.75) is 12.8 Å². The molecule has 0 saturated heterocycles. The van der Waals surface area contributed by atoms with Crippen LogP contribution in [0.3, 0.4) is 0 Å². The van der Waals surface area contributed by atoms with Crippen LogP contribution >= 0.6 is 0 Å². The minimum Gasteiger partial charge on any atom is -0.211 e. The zero-order valence-corrected chi connectivity index (χ0v) is 7.86. The fraction of sp³-hybridized carbons (Fsp3) is 0.250. The maximum absolute atomic E-state index is 9.91. The van der Waals surface area contributed by atoms with Gasteiger partial charge in [0, 0.05) is 0 Å². The third-order valence-electron chi connectivity index (χ3n) is 2.49. The van der Waals surface area contributed by atoms with Crippen molar-refractivity contribution >= 4 is 11.7 Å². The maximum Gasteiger partial charge on any atom is 0.234 e. The summed E-state index contributed by atoms with van der Waals surface area (Å²) in [7, 11) is 0.